The molecule has 1 aliphatic heterocycles. The van der Waals surface area contributed by atoms with Crippen LogP contribution in [0, 0.1) is 0 Å². The van der Waals surface area contributed by atoms with Crippen molar-refractivity contribution < 1.29 is 9.90 Å². The number of hydrogen-bond acceptors (Lipinski definition) is 3. The number of para-hydroxylation sites is 1. The van der Waals surface area contributed by atoms with E-state index in [-0.39, 0.29) is 5.78 Å². The normalized spacial score (nSPS) is 30.5. The lowest BCUT2D eigenvalue weighted by atomic mass is 9.91. The van der Waals surface area contributed by atoms with Crippen LogP contribution in [0.3, 0.4) is 0 Å². The van der Waals surface area contributed by atoms with Gasteiger partial charge in [-0.1, -0.05) is 54.1 Å². The molecule has 0 saturated carbocycles. The lowest BCUT2D eigenvalue weighted by molar-refractivity contribution is 0.0372. The van der Waals surface area contributed by atoms with Gasteiger partial charge in [-0.05, 0) is 6.07 Å². The molecular formula is C15H10ClNO2. The summed E-state index contributed by atoms with van der Waals surface area (Å²) >= 11 is 6.59. The van der Waals surface area contributed by atoms with Gasteiger partial charge in [0.1, 0.15) is 0 Å². The topological polar surface area (TPSA) is 49.3 Å². The molecule has 0 amide bonds. The molecule has 3 nitrogen and oxygen atoms in total. The number of nitrogens with one attached hydrogen (secondary N) is 1. The van der Waals surface area contributed by atoms with E-state index in [0.717, 1.165) is 0 Å². The number of Topliss-reactive ketones (excluding diaryl/α,β-unsaturated/α-hetero) is 1. The van der Waals surface area contributed by atoms with Crippen molar-refractivity contribution in [1.29, 1.82) is 0 Å². The molecule has 0 saturated heterocycles. The zero-order chi connectivity index (χ0) is 13.3. The molecule has 0 spiro atoms. The largest absolute Gasteiger partial charge is 0.365 e. The first-order valence-electron chi connectivity index (χ1n) is 6.02. The average Bonchev–Trinajstić information content (AvgIpc) is 2.77. The van der Waals surface area contributed by atoms with Crippen molar-refractivity contribution in [2.24, 2.45) is 0 Å². The van der Waals surface area contributed by atoms with E-state index in [1.807, 2.05) is 18.2 Å². The van der Waals surface area contributed by atoms with Crippen LogP contribution in [0.4, 0.5) is 5.69 Å². The standard InChI is InChI=1S/C15H10ClNO2/c16-14-11-7-3-4-8-12(11)17-15(14,19)10-6-2-1-5-9(10)13(14)18/h1-8,17,19H. The molecule has 2 N–H and O–H groups in total. The van der Waals surface area contributed by atoms with Gasteiger partial charge in [0.25, 0.3) is 0 Å². The lowest BCUT2D eigenvalue weighted by Crippen LogP contribution is -2.45. The Hall–Kier alpha value is -1.84. The molecular weight excluding hydrogens is 262 g/mol. The van der Waals surface area contributed by atoms with Gasteiger partial charge in [-0.3, -0.25) is 4.79 Å². The minimum Gasteiger partial charge on any atom is -0.365 e. The Bertz CT molecular complexity index is 730. The van der Waals surface area contributed by atoms with Crippen LogP contribution in [0.15, 0.2) is 48.5 Å². The number of aliphatic hydroxyl groups is 1. The molecule has 0 bridgehead atoms. The highest BCUT2D eigenvalue weighted by molar-refractivity contribution is 6.41. The predicted molar refractivity (Wildman–Crippen MR) is 72.3 cm³/mol. The van der Waals surface area contributed by atoms with E-state index in [1.165, 1.54) is 0 Å². The fraction of sp³-hybridized carbons (Fsp3) is 0.133. The lowest BCUT2D eigenvalue weighted by Gasteiger charge is -2.30. The minimum atomic E-state index is -1.58. The van der Waals surface area contributed by atoms with Crippen LogP contribution in [-0.2, 0) is 10.6 Å². The second-order valence-electron chi connectivity index (χ2n) is 4.91. The Morgan fingerprint density at radius 3 is 2.42 bits per heavy atom. The maximum Gasteiger partial charge on any atom is 0.194 e. The fourth-order valence-corrected chi connectivity index (χ4v) is 3.51. The summed E-state index contributed by atoms with van der Waals surface area (Å²) in [5.41, 5.74) is 0.753. The van der Waals surface area contributed by atoms with E-state index in [4.69, 9.17) is 11.6 Å². The summed E-state index contributed by atoms with van der Waals surface area (Å²) < 4.78 is 0. The smallest absolute Gasteiger partial charge is 0.194 e. The van der Waals surface area contributed by atoms with Gasteiger partial charge < -0.3 is 10.4 Å². The molecule has 2 aliphatic rings. The molecule has 0 aromatic heterocycles. The zero-order valence-corrected chi connectivity index (χ0v) is 10.6. The Labute approximate surface area is 114 Å². The molecule has 2 aromatic carbocycles. The second-order valence-corrected chi connectivity index (χ2v) is 5.48. The van der Waals surface area contributed by atoms with Gasteiger partial charge in [0.05, 0.1) is 0 Å². The van der Waals surface area contributed by atoms with Crippen molar-refractivity contribution in [3.8, 4) is 0 Å². The molecule has 2 unspecified atom stereocenters. The summed E-state index contributed by atoms with van der Waals surface area (Å²) in [5.74, 6) is -0.260. The quantitative estimate of drug-likeness (QED) is 0.724. The van der Waals surface area contributed by atoms with E-state index < -0.39 is 10.6 Å². The third-order valence-corrected chi connectivity index (χ3v) is 4.64. The molecule has 0 radical (unpaired) electrons. The number of alkyl halides is 1. The third-order valence-electron chi connectivity index (χ3n) is 3.99. The monoisotopic (exact) mass is 271 g/mol. The number of carbonyl (C=O) groups excluding carboxylic acids is 1. The van der Waals surface area contributed by atoms with Crippen LogP contribution in [0.1, 0.15) is 21.5 Å². The van der Waals surface area contributed by atoms with Crippen LogP contribution in [-0.4, -0.2) is 10.9 Å². The Balaban J connectivity index is 2.08. The van der Waals surface area contributed by atoms with Gasteiger partial charge in [0.2, 0.25) is 0 Å². The van der Waals surface area contributed by atoms with E-state index in [9.17, 15) is 9.90 Å². The Morgan fingerprint density at radius 1 is 1.00 bits per heavy atom. The van der Waals surface area contributed by atoms with Crippen molar-refractivity contribution in [2.75, 3.05) is 5.32 Å². The van der Waals surface area contributed by atoms with Gasteiger partial charge in [0, 0.05) is 22.4 Å². The molecule has 2 atom stereocenters. The number of rotatable bonds is 0. The fourth-order valence-electron chi connectivity index (χ4n) is 3.09. The maximum atomic E-state index is 12.6. The molecule has 2 aromatic rings. The highest BCUT2D eigenvalue weighted by Gasteiger charge is 2.67. The maximum absolute atomic E-state index is 12.6. The number of carbonyl (C=O) groups is 1. The summed E-state index contributed by atoms with van der Waals surface area (Å²) in [7, 11) is 0. The summed E-state index contributed by atoms with van der Waals surface area (Å²) in [4.78, 5) is 11.2. The summed E-state index contributed by atoms with van der Waals surface area (Å²) in [6, 6.07) is 14.2. The van der Waals surface area contributed by atoms with Gasteiger partial charge in [-0.15, -0.1) is 0 Å². The molecule has 4 rings (SSSR count). The van der Waals surface area contributed by atoms with E-state index >= 15 is 0 Å². The van der Waals surface area contributed by atoms with Gasteiger partial charge >= 0.3 is 0 Å². The first-order valence-corrected chi connectivity index (χ1v) is 6.40. The minimum absolute atomic E-state index is 0.260. The average molecular weight is 272 g/mol. The van der Waals surface area contributed by atoms with Crippen LogP contribution < -0.4 is 5.32 Å². The number of benzene rings is 2. The number of anilines is 1. The summed E-state index contributed by atoms with van der Waals surface area (Å²) in [6.45, 7) is 0. The van der Waals surface area contributed by atoms with Crippen molar-refractivity contribution in [3.63, 3.8) is 0 Å². The predicted octanol–water partition coefficient (Wildman–Crippen LogP) is 2.59. The summed E-state index contributed by atoms with van der Waals surface area (Å²) in [6.07, 6.45) is 0. The second kappa shape index (κ2) is 3.18. The van der Waals surface area contributed by atoms with E-state index in [1.54, 1.807) is 30.3 Å². The van der Waals surface area contributed by atoms with Gasteiger partial charge in [-0.2, -0.15) is 0 Å². The molecule has 1 aliphatic carbocycles. The first kappa shape index (κ1) is 11.0. The van der Waals surface area contributed by atoms with Crippen molar-refractivity contribution in [1.82, 2.24) is 0 Å². The van der Waals surface area contributed by atoms with Crippen molar-refractivity contribution in [3.05, 3.63) is 65.2 Å². The van der Waals surface area contributed by atoms with Crippen LogP contribution in [0.25, 0.3) is 0 Å². The molecule has 19 heavy (non-hydrogen) atoms. The highest BCUT2D eigenvalue weighted by Crippen LogP contribution is 2.60. The molecule has 94 valence electrons. The highest BCUT2D eigenvalue weighted by atomic mass is 35.5. The zero-order valence-electron chi connectivity index (χ0n) is 9.85. The number of fused-ring (bicyclic) bond motifs is 5. The Kier molecular flexibility index (Phi) is 1.85. The van der Waals surface area contributed by atoms with Crippen LogP contribution >= 0.6 is 11.6 Å². The van der Waals surface area contributed by atoms with Gasteiger partial charge in [-0.25, -0.2) is 0 Å². The molecule has 4 heteroatoms. The molecule has 1 heterocycles. The Morgan fingerprint density at radius 2 is 1.63 bits per heavy atom. The SMILES string of the molecule is O=C1c2ccccc2C2(O)Nc3ccccc3C12Cl. The van der Waals surface area contributed by atoms with E-state index in [0.29, 0.717) is 22.4 Å². The number of hydrogen-bond donors (Lipinski definition) is 2. The molecule has 0 fully saturated rings. The van der Waals surface area contributed by atoms with Crippen molar-refractivity contribution >= 4 is 23.1 Å². The third kappa shape index (κ3) is 1.03. The number of halogens is 1. The summed E-state index contributed by atoms with van der Waals surface area (Å²) in [5, 5.41) is 14.0. The van der Waals surface area contributed by atoms with Gasteiger partial charge in [0.15, 0.2) is 16.4 Å². The van der Waals surface area contributed by atoms with Crippen LogP contribution in [0.5, 0.6) is 0 Å². The van der Waals surface area contributed by atoms with E-state index in [2.05, 4.69) is 5.32 Å². The number of ketones is 1. The van der Waals surface area contributed by atoms with Crippen LogP contribution in [0.2, 0.25) is 0 Å². The van der Waals surface area contributed by atoms with Crippen molar-refractivity contribution in [2.45, 2.75) is 10.6 Å². The first-order chi connectivity index (χ1) is 9.09.